The lowest BCUT2D eigenvalue weighted by Crippen LogP contribution is -2.43. The van der Waals surface area contributed by atoms with Crippen LogP contribution in [0, 0.1) is 0 Å². The molecule has 0 bridgehead atoms. The lowest BCUT2D eigenvalue weighted by molar-refractivity contribution is 0.187. The fourth-order valence-electron chi connectivity index (χ4n) is 4.02. The SMILES string of the molecule is Clc1ccc(C(NC2CCN(Cc3ccccc3)CC2)c2ccccc2)cc1. The Bertz CT molecular complexity index is 841. The smallest absolute Gasteiger partial charge is 0.0578 e. The van der Waals surface area contributed by atoms with Crippen molar-refractivity contribution in [3.8, 4) is 0 Å². The third-order valence-electron chi connectivity index (χ3n) is 5.58. The molecule has 0 spiro atoms. The summed E-state index contributed by atoms with van der Waals surface area (Å²) in [4.78, 5) is 2.56. The molecular formula is C25H27ClN2. The molecule has 2 nitrogen and oxygen atoms in total. The predicted molar refractivity (Wildman–Crippen MR) is 118 cm³/mol. The van der Waals surface area contributed by atoms with Crippen LogP contribution in [0.4, 0.5) is 0 Å². The summed E-state index contributed by atoms with van der Waals surface area (Å²) in [6, 6.07) is 30.4. The average Bonchev–Trinajstić information content (AvgIpc) is 2.75. The van der Waals surface area contributed by atoms with Gasteiger partial charge in [0.25, 0.3) is 0 Å². The minimum atomic E-state index is 0.198. The highest BCUT2D eigenvalue weighted by atomic mass is 35.5. The summed E-state index contributed by atoms with van der Waals surface area (Å²) < 4.78 is 0. The number of hydrogen-bond donors (Lipinski definition) is 1. The third kappa shape index (κ3) is 5.02. The van der Waals surface area contributed by atoms with Gasteiger partial charge < -0.3 is 5.32 Å². The standard InChI is InChI=1S/C25H27ClN2/c26-23-13-11-22(12-14-23)25(21-9-5-2-6-10-21)27-24-15-17-28(18-16-24)19-20-7-3-1-4-8-20/h1-14,24-25,27H,15-19H2. The highest BCUT2D eigenvalue weighted by Gasteiger charge is 2.23. The van der Waals surface area contributed by atoms with Crippen molar-refractivity contribution in [1.82, 2.24) is 10.2 Å². The normalized spacial score (nSPS) is 16.8. The first-order chi connectivity index (χ1) is 13.8. The molecule has 1 aliphatic rings. The number of benzene rings is 3. The van der Waals surface area contributed by atoms with Gasteiger partial charge in [0.1, 0.15) is 0 Å². The summed E-state index contributed by atoms with van der Waals surface area (Å²) in [5, 5.41) is 4.70. The maximum atomic E-state index is 6.11. The summed E-state index contributed by atoms with van der Waals surface area (Å²) in [7, 11) is 0. The van der Waals surface area contributed by atoms with Crippen LogP contribution in [-0.4, -0.2) is 24.0 Å². The van der Waals surface area contributed by atoms with E-state index < -0.39 is 0 Å². The topological polar surface area (TPSA) is 15.3 Å². The van der Waals surface area contributed by atoms with Gasteiger partial charge in [-0.15, -0.1) is 0 Å². The molecular weight excluding hydrogens is 364 g/mol. The van der Waals surface area contributed by atoms with Crippen LogP contribution in [-0.2, 0) is 6.54 Å². The van der Waals surface area contributed by atoms with Crippen molar-refractivity contribution < 1.29 is 0 Å². The van der Waals surface area contributed by atoms with Gasteiger partial charge in [-0.05, 0) is 54.8 Å². The molecule has 0 aromatic heterocycles. The second kappa shape index (κ2) is 9.38. The Balaban J connectivity index is 1.41. The Kier molecular flexibility index (Phi) is 6.43. The molecule has 144 valence electrons. The molecule has 1 heterocycles. The Morgan fingerprint density at radius 2 is 1.36 bits per heavy atom. The summed E-state index contributed by atoms with van der Waals surface area (Å²) in [5.74, 6) is 0. The van der Waals surface area contributed by atoms with Crippen LogP contribution in [0.3, 0.4) is 0 Å². The molecule has 1 N–H and O–H groups in total. The molecule has 0 saturated carbocycles. The molecule has 1 fully saturated rings. The molecule has 3 aromatic carbocycles. The summed E-state index contributed by atoms with van der Waals surface area (Å²) in [6.45, 7) is 3.32. The van der Waals surface area contributed by atoms with Crippen LogP contribution in [0.2, 0.25) is 5.02 Å². The lowest BCUT2D eigenvalue weighted by atomic mass is 9.95. The van der Waals surface area contributed by atoms with E-state index in [1.54, 1.807) is 0 Å². The maximum Gasteiger partial charge on any atom is 0.0578 e. The van der Waals surface area contributed by atoms with Gasteiger partial charge in [-0.3, -0.25) is 4.90 Å². The van der Waals surface area contributed by atoms with Crippen molar-refractivity contribution >= 4 is 11.6 Å². The number of rotatable bonds is 6. The molecule has 1 unspecified atom stereocenters. The molecule has 1 saturated heterocycles. The Morgan fingerprint density at radius 3 is 2.00 bits per heavy atom. The lowest BCUT2D eigenvalue weighted by Gasteiger charge is -2.35. The quantitative estimate of drug-likeness (QED) is 0.582. The fraction of sp³-hybridized carbons (Fsp3) is 0.280. The molecule has 1 aliphatic heterocycles. The minimum Gasteiger partial charge on any atom is -0.303 e. The zero-order chi connectivity index (χ0) is 19.2. The van der Waals surface area contributed by atoms with Gasteiger partial charge in [0.2, 0.25) is 0 Å². The monoisotopic (exact) mass is 390 g/mol. The van der Waals surface area contributed by atoms with Crippen LogP contribution in [0.5, 0.6) is 0 Å². The molecule has 4 rings (SSSR count). The Labute approximate surface area is 173 Å². The van der Waals surface area contributed by atoms with Gasteiger partial charge in [0, 0.05) is 17.6 Å². The second-order valence-electron chi connectivity index (χ2n) is 7.60. The first kappa shape index (κ1) is 19.2. The van der Waals surface area contributed by atoms with E-state index in [9.17, 15) is 0 Å². The zero-order valence-electron chi connectivity index (χ0n) is 16.1. The summed E-state index contributed by atoms with van der Waals surface area (Å²) >= 11 is 6.11. The van der Waals surface area contributed by atoms with Crippen LogP contribution in [0.1, 0.15) is 35.6 Å². The minimum absolute atomic E-state index is 0.198. The van der Waals surface area contributed by atoms with Gasteiger partial charge in [-0.2, -0.15) is 0 Å². The van der Waals surface area contributed by atoms with E-state index in [1.165, 1.54) is 29.5 Å². The van der Waals surface area contributed by atoms with Crippen molar-refractivity contribution in [1.29, 1.82) is 0 Å². The van der Waals surface area contributed by atoms with Crippen LogP contribution in [0.15, 0.2) is 84.9 Å². The van der Waals surface area contributed by atoms with Crippen LogP contribution in [0.25, 0.3) is 0 Å². The number of halogens is 1. The first-order valence-electron chi connectivity index (χ1n) is 10.1. The van der Waals surface area contributed by atoms with Gasteiger partial charge in [0.15, 0.2) is 0 Å². The maximum absolute atomic E-state index is 6.11. The molecule has 0 aliphatic carbocycles. The summed E-state index contributed by atoms with van der Waals surface area (Å²) in [6.07, 6.45) is 2.34. The van der Waals surface area contributed by atoms with E-state index in [4.69, 9.17) is 11.6 Å². The van der Waals surface area contributed by atoms with E-state index >= 15 is 0 Å². The number of nitrogens with zero attached hydrogens (tertiary/aromatic N) is 1. The number of hydrogen-bond acceptors (Lipinski definition) is 2. The fourth-order valence-corrected chi connectivity index (χ4v) is 4.15. The number of likely N-dealkylation sites (tertiary alicyclic amines) is 1. The first-order valence-corrected chi connectivity index (χ1v) is 10.5. The Morgan fingerprint density at radius 1 is 0.786 bits per heavy atom. The molecule has 1 atom stereocenters. The zero-order valence-corrected chi connectivity index (χ0v) is 16.9. The highest BCUT2D eigenvalue weighted by Crippen LogP contribution is 2.26. The largest absolute Gasteiger partial charge is 0.303 e. The van der Waals surface area contributed by atoms with Crippen molar-refractivity contribution in [2.45, 2.75) is 31.5 Å². The van der Waals surface area contributed by atoms with E-state index in [0.717, 1.165) is 24.7 Å². The van der Waals surface area contributed by atoms with Crippen LogP contribution < -0.4 is 5.32 Å². The molecule has 3 aromatic rings. The van der Waals surface area contributed by atoms with Gasteiger partial charge in [-0.1, -0.05) is 84.4 Å². The number of piperidine rings is 1. The highest BCUT2D eigenvalue weighted by molar-refractivity contribution is 6.30. The second-order valence-corrected chi connectivity index (χ2v) is 8.03. The van der Waals surface area contributed by atoms with Gasteiger partial charge in [-0.25, -0.2) is 0 Å². The Hall–Kier alpha value is -2.13. The molecule has 0 radical (unpaired) electrons. The van der Waals surface area contributed by atoms with Gasteiger partial charge in [0.05, 0.1) is 6.04 Å². The van der Waals surface area contributed by atoms with E-state index in [0.29, 0.717) is 6.04 Å². The average molecular weight is 391 g/mol. The van der Waals surface area contributed by atoms with Crippen molar-refractivity contribution in [2.24, 2.45) is 0 Å². The molecule has 0 amide bonds. The third-order valence-corrected chi connectivity index (χ3v) is 5.83. The van der Waals surface area contributed by atoms with Crippen LogP contribution >= 0.6 is 11.6 Å². The summed E-state index contributed by atoms with van der Waals surface area (Å²) in [5.41, 5.74) is 3.97. The number of nitrogens with one attached hydrogen (secondary N) is 1. The van der Waals surface area contributed by atoms with E-state index in [-0.39, 0.29) is 6.04 Å². The van der Waals surface area contributed by atoms with E-state index in [1.807, 2.05) is 12.1 Å². The predicted octanol–water partition coefficient (Wildman–Crippen LogP) is 5.68. The van der Waals surface area contributed by atoms with Gasteiger partial charge >= 0.3 is 0 Å². The van der Waals surface area contributed by atoms with E-state index in [2.05, 4.69) is 83.0 Å². The molecule has 28 heavy (non-hydrogen) atoms. The van der Waals surface area contributed by atoms with Crippen molar-refractivity contribution in [2.75, 3.05) is 13.1 Å². The van der Waals surface area contributed by atoms with Crippen molar-refractivity contribution in [3.05, 3.63) is 107 Å². The van der Waals surface area contributed by atoms with Crippen molar-refractivity contribution in [3.63, 3.8) is 0 Å². The molecule has 3 heteroatoms.